The van der Waals surface area contributed by atoms with Crippen molar-refractivity contribution in [2.24, 2.45) is 0 Å². The monoisotopic (exact) mass is 284 g/mol. The molecule has 0 saturated carbocycles. The van der Waals surface area contributed by atoms with Crippen molar-refractivity contribution in [1.82, 2.24) is 10.0 Å². The molecule has 1 atom stereocenters. The minimum atomic E-state index is -3.38. The van der Waals surface area contributed by atoms with E-state index in [9.17, 15) is 8.42 Å². The van der Waals surface area contributed by atoms with Crippen LogP contribution in [0.4, 0.5) is 0 Å². The van der Waals surface area contributed by atoms with Gasteiger partial charge in [0, 0.05) is 12.1 Å². The van der Waals surface area contributed by atoms with Gasteiger partial charge < -0.3 is 5.32 Å². The first kappa shape index (κ1) is 16.1. The van der Waals surface area contributed by atoms with Gasteiger partial charge in [0.15, 0.2) is 0 Å². The summed E-state index contributed by atoms with van der Waals surface area (Å²) in [7, 11) is -1.44. The summed E-state index contributed by atoms with van der Waals surface area (Å²) in [5.74, 6) is 0. The van der Waals surface area contributed by atoms with Crippen LogP contribution >= 0.6 is 0 Å². The lowest BCUT2D eigenvalue weighted by Crippen LogP contribution is -2.30. The maximum atomic E-state index is 12.0. The zero-order valence-corrected chi connectivity index (χ0v) is 12.9. The summed E-state index contributed by atoms with van der Waals surface area (Å²) < 4.78 is 26.5. The van der Waals surface area contributed by atoms with Crippen LogP contribution in [0.3, 0.4) is 0 Å². The Kier molecular flexibility index (Phi) is 5.97. The highest BCUT2D eigenvalue weighted by molar-refractivity contribution is 7.89. The lowest BCUT2D eigenvalue weighted by Gasteiger charge is -2.14. The van der Waals surface area contributed by atoms with E-state index in [4.69, 9.17) is 0 Å². The van der Waals surface area contributed by atoms with Gasteiger partial charge >= 0.3 is 0 Å². The van der Waals surface area contributed by atoms with Gasteiger partial charge in [-0.2, -0.15) is 0 Å². The van der Waals surface area contributed by atoms with Gasteiger partial charge in [-0.25, -0.2) is 13.1 Å². The van der Waals surface area contributed by atoms with Gasteiger partial charge in [-0.1, -0.05) is 19.1 Å². The van der Waals surface area contributed by atoms with E-state index in [1.807, 2.05) is 33.0 Å². The largest absolute Gasteiger partial charge is 0.317 e. The van der Waals surface area contributed by atoms with E-state index < -0.39 is 10.0 Å². The maximum absolute atomic E-state index is 12.0. The predicted molar refractivity (Wildman–Crippen MR) is 78.7 cm³/mol. The van der Waals surface area contributed by atoms with Crippen LogP contribution in [-0.4, -0.2) is 27.5 Å². The molecule has 1 aromatic carbocycles. The van der Waals surface area contributed by atoms with E-state index in [0.717, 1.165) is 18.4 Å². The summed E-state index contributed by atoms with van der Waals surface area (Å²) in [6, 6.07) is 7.43. The highest BCUT2D eigenvalue weighted by atomic mass is 32.2. The third kappa shape index (κ3) is 4.93. The molecule has 0 saturated heterocycles. The van der Waals surface area contributed by atoms with Crippen molar-refractivity contribution in [2.45, 2.75) is 50.6 Å². The fourth-order valence-electron chi connectivity index (χ4n) is 1.92. The summed E-state index contributed by atoms with van der Waals surface area (Å²) in [5.41, 5.74) is 1.14. The average molecular weight is 284 g/mol. The number of rotatable bonds is 7. The summed E-state index contributed by atoms with van der Waals surface area (Å²) in [5, 5.41) is 3.24. The van der Waals surface area contributed by atoms with Crippen LogP contribution in [-0.2, 0) is 16.4 Å². The molecule has 2 N–H and O–H groups in total. The summed E-state index contributed by atoms with van der Waals surface area (Å²) in [4.78, 5) is 0.322. The third-order valence-electron chi connectivity index (χ3n) is 3.01. The van der Waals surface area contributed by atoms with E-state index in [1.165, 1.54) is 0 Å². The molecule has 1 aromatic rings. The van der Waals surface area contributed by atoms with E-state index in [0.29, 0.717) is 10.9 Å². The van der Waals surface area contributed by atoms with E-state index in [-0.39, 0.29) is 6.04 Å². The Hall–Kier alpha value is -0.910. The number of nitrogens with one attached hydrogen (secondary N) is 2. The van der Waals surface area contributed by atoms with Gasteiger partial charge in [-0.15, -0.1) is 0 Å². The van der Waals surface area contributed by atoms with Crippen LogP contribution in [0.25, 0.3) is 0 Å². The topological polar surface area (TPSA) is 58.2 Å². The van der Waals surface area contributed by atoms with Gasteiger partial charge in [-0.3, -0.25) is 0 Å². The van der Waals surface area contributed by atoms with Crippen molar-refractivity contribution in [3.63, 3.8) is 0 Å². The standard InChI is InChI=1S/C14H24N2O2S/c1-5-13(15-4)10-12-6-8-14(9-7-12)19(17,18)16-11(2)3/h6-9,11,13,15-16H,5,10H2,1-4H3. The van der Waals surface area contributed by atoms with Crippen LogP contribution in [0.1, 0.15) is 32.8 Å². The zero-order chi connectivity index (χ0) is 14.5. The highest BCUT2D eigenvalue weighted by Gasteiger charge is 2.15. The highest BCUT2D eigenvalue weighted by Crippen LogP contribution is 2.13. The summed E-state index contributed by atoms with van der Waals surface area (Å²) in [6.45, 7) is 5.75. The smallest absolute Gasteiger partial charge is 0.240 e. The second kappa shape index (κ2) is 7.03. The van der Waals surface area contributed by atoms with Gasteiger partial charge in [0.05, 0.1) is 4.90 Å². The van der Waals surface area contributed by atoms with Gasteiger partial charge in [0.2, 0.25) is 10.0 Å². The van der Waals surface area contributed by atoms with Gasteiger partial charge in [0.25, 0.3) is 0 Å². The van der Waals surface area contributed by atoms with Crippen LogP contribution in [0, 0.1) is 0 Å². The van der Waals surface area contributed by atoms with Crippen molar-refractivity contribution >= 4 is 10.0 Å². The third-order valence-corrected chi connectivity index (χ3v) is 4.68. The summed E-state index contributed by atoms with van der Waals surface area (Å²) in [6.07, 6.45) is 1.95. The first-order chi connectivity index (χ1) is 8.89. The van der Waals surface area contributed by atoms with Crippen LogP contribution in [0.2, 0.25) is 0 Å². The Morgan fingerprint density at radius 1 is 1.16 bits per heavy atom. The summed E-state index contributed by atoms with van der Waals surface area (Å²) >= 11 is 0. The van der Waals surface area contributed by atoms with Gasteiger partial charge in [-0.05, 0) is 51.4 Å². The maximum Gasteiger partial charge on any atom is 0.240 e. The first-order valence-electron chi connectivity index (χ1n) is 6.67. The molecule has 0 amide bonds. The Balaban J connectivity index is 2.82. The number of sulfonamides is 1. The Labute approximate surface area is 116 Å². The molecule has 0 heterocycles. The molecule has 1 rings (SSSR count). The van der Waals surface area contributed by atoms with E-state index in [2.05, 4.69) is 17.0 Å². The average Bonchev–Trinajstić information content (AvgIpc) is 2.35. The van der Waals surface area contributed by atoms with Gasteiger partial charge in [0.1, 0.15) is 0 Å². The quantitative estimate of drug-likeness (QED) is 0.804. The lowest BCUT2D eigenvalue weighted by molar-refractivity contribution is 0.543. The van der Waals surface area contributed by atoms with Crippen molar-refractivity contribution in [2.75, 3.05) is 7.05 Å². The second-order valence-corrected chi connectivity index (χ2v) is 6.73. The molecule has 0 radical (unpaired) electrons. The van der Waals surface area contributed by atoms with Crippen LogP contribution in [0.15, 0.2) is 29.2 Å². The van der Waals surface area contributed by atoms with Crippen LogP contribution < -0.4 is 10.0 Å². The van der Waals surface area contributed by atoms with Crippen molar-refractivity contribution in [3.05, 3.63) is 29.8 Å². The first-order valence-corrected chi connectivity index (χ1v) is 8.16. The van der Waals surface area contributed by atoms with Crippen molar-refractivity contribution < 1.29 is 8.42 Å². The predicted octanol–water partition coefficient (Wildman–Crippen LogP) is 1.91. The SMILES string of the molecule is CCC(Cc1ccc(S(=O)(=O)NC(C)C)cc1)NC. The molecule has 0 aliphatic heterocycles. The zero-order valence-electron chi connectivity index (χ0n) is 12.1. The lowest BCUT2D eigenvalue weighted by atomic mass is 10.0. The Morgan fingerprint density at radius 3 is 2.16 bits per heavy atom. The number of hydrogen-bond acceptors (Lipinski definition) is 3. The molecule has 0 aliphatic rings. The molecule has 5 heteroatoms. The van der Waals surface area contributed by atoms with Crippen molar-refractivity contribution in [1.29, 1.82) is 0 Å². The molecule has 0 fully saturated rings. The molecule has 4 nitrogen and oxygen atoms in total. The molecular formula is C14H24N2O2S. The Bertz CT molecular complexity index is 477. The molecule has 19 heavy (non-hydrogen) atoms. The number of benzene rings is 1. The van der Waals surface area contributed by atoms with Crippen LogP contribution in [0.5, 0.6) is 0 Å². The molecule has 1 unspecified atom stereocenters. The fraction of sp³-hybridized carbons (Fsp3) is 0.571. The van der Waals surface area contributed by atoms with E-state index >= 15 is 0 Å². The molecule has 108 valence electrons. The molecule has 0 aliphatic carbocycles. The second-order valence-electron chi connectivity index (χ2n) is 5.02. The Morgan fingerprint density at radius 2 is 1.74 bits per heavy atom. The molecule has 0 bridgehead atoms. The minimum absolute atomic E-state index is 0.0987. The fourth-order valence-corrected chi connectivity index (χ4v) is 3.17. The molecule has 0 spiro atoms. The normalized spacial score (nSPS) is 13.7. The number of likely N-dealkylation sites (N-methyl/N-ethyl adjacent to an activating group) is 1. The van der Waals surface area contributed by atoms with E-state index in [1.54, 1.807) is 12.1 Å². The molecule has 0 aromatic heterocycles. The number of hydrogen-bond donors (Lipinski definition) is 2. The minimum Gasteiger partial charge on any atom is -0.317 e. The van der Waals surface area contributed by atoms with Crippen molar-refractivity contribution in [3.8, 4) is 0 Å². The molecular weight excluding hydrogens is 260 g/mol.